The van der Waals surface area contributed by atoms with Gasteiger partial charge < -0.3 is 9.30 Å². The number of carbonyl (C=O) groups is 1. The van der Waals surface area contributed by atoms with E-state index in [4.69, 9.17) is 4.74 Å². The maximum absolute atomic E-state index is 12.2. The fourth-order valence-electron chi connectivity index (χ4n) is 3.74. The lowest BCUT2D eigenvalue weighted by Gasteiger charge is -2.08. The first-order valence-electron chi connectivity index (χ1n) is 10.7. The van der Waals surface area contributed by atoms with Crippen LogP contribution in [0.25, 0.3) is 10.9 Å². The third kappa shape index (κ3) is 4.72. The van der Waals surface area contributed by atoms with Crippen molar-refractivity contribution in [2.45, 2.75) is 27.3 Å². The summed E-state index contributed by atoms with van der Waals surface area (Å²) in [5.74, 6) is 0.372. The molecule has 0 unspecified atom stereocenters. The Morgan fingerprint density at radius 1 is 0.969 bits per heavy atom. The minimum absolute atomic E-state index is 0.0887. The number of carbonyl (C=O) groups excluding carboxylic acids is 1. The van der Waals surface area contributed by atoms with E-state index in [0.29, 0.717) is 5.75 Å². The van der Waals surface area contributed by atoms with Crippen LogP contribution in [0.3, 0.4) is 0 Å². The monoisotopic (exact) mass is 425 g/mol. The molecule has 0 aliphatic carbocycles. The third-order valence-electron chi connectivity index (χ3n) is 5.69. The van der Waals surface area contributed by atoms with Crippen LogP contribution in [0.1, 0.15) is 27.9 Å². The van der Waals surface area contributed by atoms with Crippen LogP contribution in [-0.2, 0) is 11.3 Å². The van der Waals surface area contributed by atoms with E-state index in [1.54, 1.807) is 6.21 Å². The summed E-state index contributed by atoms with van der Waals surface area (Å²) in [6.07, 6.45) is 1.72. The van der Waals surface area contributed by atoms with E-state index in [0.717, 1.165) is 34.3 Å². The van der Waals surface area contributed by atoms with Crippen molar-refractivity contribution < 1.29 is 9.53 Å². The Morgan fingerprint density at radius 2 is 1.72 bits per heavy atom. The highest BCUT2D eigenvalue weighted by atomic mass is 16.5. The summed E-state index contributed by atoms with van der Waals surface area (Å²) in [6, 6.07) is 24.4. The van der Waals surface area contributed by atoms with Crippen molar-refractivity contribution in [1.82, 2.24) is 9.99 Å². The van der Waals surface area contributed by atoms with Crippen molar-refractivity contribution in [1.29, 1.82) is 0 Å². The number of nitrogens with one attached hydrogen (secondary N) is 1. The molecule has 0 atom stereocenters. The van der Waals surface area contributed by atoms with Gasteiger partial charge in [-0.05, 0) is 55.7 Å². The van der Waals surface area contributed by atoms with Crippen molar-refractivity contribution in [3.63, 3.8) is 0 Å². The number of hydrogen-bond acceptors (Lipinski definition) is 3. The van der Waals surface area contributed by atoms with Crippen LogP contribution in [0.2, 0.25) is 0 Å². The first-order valence-corrected chi connectivity index (χ1v) is 10.7. The van der Waals surface area contributed by atoms with Gasteiger partial charge in [-0.15, -0.1) is 0 Å². The molecule has 4 rings (SSSR count). The summed E-state index contributed by atoms with van der Waals surface area (Å²) in [7, 11) is 0. The van der Waals surface area contributed by atoms with E-state index >= 15 is 0 Å². The SMILES string of the molecule is Cc1ccc(OCC(=O)N/N=C\c2c(C)n(Cc3ccccc3)c3ccccc23)cc1C. The average molecular weight is 426 g/mol. The van der Waals surface area contributed by atoms with Crippen LogP contribution in [0.15, 0.2) is 77.9 Å². The number of para-hydroxylation sites is 1. The second-order valence-electron chi connectivity index (χ2n) is 7.92. The summed E-state index contributed by atoms with van der Waals surface area (Å²) in [6.45, 7) is 6.82. The standard InChI is InChI=1S/C27H27N3O2/c1-19-13-14-23(15-20(19)2)32-18-27(31)29-28-16-25-21(3)30(17-22-9-5-4-6-10-22)26-12-8-7-11-24(25)26/h4-16H,17-18H2,1-3H3,(H,29,31)/b28-16-. The Labute approximate surface area is 188 Å². The van der Waals surface area contributed by atoms with Gasteiger partial charge in [0.15, 0.2) is 6.61 Å². The molecule has 162 valence electrons. The Kier molecular flexibility index (Phi) is 6.36. The van der Waals surface area contributed by atoms with Gasteiger partial charge in [0.05, 0.1) is 6.21 Å². The van der Waals surface area contributed by atoms with Crippen molar-refractivity contribution in [2.75, 3.05) is 6.61 Å². The fraction of sp³-hybridized carbons (Fsp3) is 0.185. The number of fused-ring (bicyclic) bond motifs is 1. The molecule has 0 saturated heterocycles. The molecule has 0 spiro atoms. The van der Waals surface area contributed by atoms with E-state index in [9.17, 15) is 4.79 Å². The molecule has 0 bridgehead atoms. The minimum Gasteiger partial charge on any atom is -0.484 e. The zero-order valence-corrected chi connectivity index (χ0v) is 18.6. The lowest BCUT2D eigenvalue weighted by Crippen LogP contribution is -2.24. The number of amides is 1. The number of rotatable bonds is 7. The van der Waals surface area contributed by atoms with Crippen LogP contribution in [0.5, 0.6) is 5.75 Å². The summed E-state index contributed by atoms with van der Waals surface area (Å²) < 4.78 is 7.86. The Bertz CT molecular complexity index is 1270. The van der Waals surface area contributed by atoms with Gasteiger partial charge in [0, 0.05) is 28.7 Å². The molecule has 5 nitrogen and oxygen atoms in total. The molecule has 1 amide bonds. The lowest BCUT2D eigenvalue weighted by molar-refractivity contribution is -0.123. The molecule has 0 aliphatic rings. The summed E-state index contributed by atoms with van der Waals surface area (Å²) >= 11 is 0. The van der Waals surface area contributed by atoms with Gasteiger partial charge in [0.25, 0.3) is 5.91 Å². The van der Waals surface area contributed by atoms with Gasteiger partial charge >= 0.3 is 0 Å². The van der Waals surface area contributed by atoms with Gasteiger partial charge in [-0.3, -0.25) is 4.79 Å². The zero-order valence-electron chi connectivity index (χ0n) is 18.6. The first kappa shape index (κ1) is 21.4. The fourth-order valence-corrected chi connectivity index (χ4v) is 3.74. The van der Waals surface area contributed by atoms with E-state index in [1.165, 1.54) is 11.1 Å². The Balaban J connectivity index is 1.47. The Morgan fingerprint density at radius 3 is 2.50 bits per heavy atom. The van der Waals surface area contributed by atoms with Crippen LogP contribution in [0.4, 0.5) is 0 Å². The molecule has 0 aliphatic heterocycles. The average Bonchev–Trinajstić information content (AvgIpc) is 3.06. The number of aryl methyl sites for hydroxylation is 2. The number of nitrogens with zero attached hydrogens (tertiary/aromatic N) is 2. The van der Waals surface area contributed by atoms with E-state index in [-0.39, 0.29) is 12.5 Å². The molecule has 0 fully saturated rings. The smallest absolute Gasteiger partial charge is 0.277 e. The largest absolute Gasteiger partial charge is 0.484 e. The quantitative estimate of drug-likeness (QED) is 0.329. The third-order valence-corrected chi connectivity index (χ3v) is 5.69. The number of aromatic nitrogens is 1. The molecule has 1 aromatic heterocycles. The van der Waals surface area contributed by atoms with Gasteiger partial charge in [0.1, 0.15) is 5.75 Å². The Hall–Kier alpha value is -3.86. The van der Waals surface area contributed by atoms with Crippen molar-refractivity contribution >= 4 is 23.0 Å². The molecule has 1 N–H and O–H groups in total. The van der Waals surface area contributed by atoms with Gasteiger partial charge in [-0.25, -0.2) is 5.43 Å². The second-order valence-corrected chi connectivity index (χ2v) is 7.92. The van der Waals surface area contributed by atoms with Gasteiger partial charge in [-0.2, -0.15) is 5.10 Å². The maximum Gasteiger partial charge on any atom is 0.277 e. The molecule has 1 heterocycles. The predicted octanol–water partition coefficient (Wildman–Crippen LogP) is 5.14. The van der Waals surface area contributed by atoms with Crippen molar-refractivity contribution in [3.8, 4) is 5.75 Å². The molecular formula is C27H27N3O2. The summed E-state index contributed by atoms with van der Waals surface area (Å²) in [5, 5.41) is 5.30. The van der Waals surface area contributed by atoms with Gasteiger partial charge in [0.2, 0.25) is 0 Å². The highest BCUT2D eigenvalue weighted by Gasteiger charge is 2.13. The normalized spacial score (nSPS) is 11.2. The molecule has 3 aromatic carbocycles. The van der Waals surface area contributed by atoms with Crippen LogP contribution < -0.4 is 10.2 Å². The molecular weight excluding hydrogens is 398 g/mol. The van der Waals surface area contributed by atoms with Crippen molar-refractivity contribution in [2.24, 2.45) is 5.10 Å². The van der Waals surface area contributed by atoms with Crippen LogP contribution in [0, 0.1) is 20.8 Å². The van der Waals surface area contributed by atoms with Crippen LogP contribution in [-0.4, -0.2) is 23.3 Å². The van der Waals surface area contributed by atoms with E-state index in [1.807, 2.05) is 62.4 Å². The molecule has 0 saturated carbocycles. The maximum atomic E-state index is 12.2. The topological polar surface area (TPSA) is 55.6 Å². The van der Waals surface area contributed by atoms with E-state index < -0.39 is 0 Å². The predicted molar refractivity (Wildman–Crippen MR) is 129 cm³/mol. The summed E-state index contributed by atoms with van der Waals surface area (Å²) in [4.78, 5) is 12.2. The molecule has 5 heteroatoms. The van der Waals surface area contributed by atoms with Gasteiger partial charge in [-0.1, -0.05) is 54.6 Å². The number of benzene rings is 3. The highest BCUT2D eigenvalue weighted by molar-refractivity contribution is 6.01. The highest BCUT2D eigenvalue weighted by Crippen LogP contribution is 2.25. The van der Waals surface area contributed by atoms with Crippen LogP contribution >= 0.6 is 0 Å². The number of ether oxygens (including phenoxy) is 1. The molecule has 32 heavy (non-hydrogen) atoms. The second kappa shape index (κ2) is 9.52. The molecule has 0 radical (unpaired) electrons. The van der Waals surface area contributed by atoms with Crippen molar-refractivity contribution in [3.05, 3.63) is 101 Å². The molecule has 4 aromatic rings. The first-order chi connectivity index (χ1) is 15.5. The number of hydrazone groups is 1. The minimum atomic E-state index is -0.301. The lowest BCUT2D eigenvalue weighted by atomic mass is 10.1. The zero-order chi connectivity index (χ0) is 22.5. The summed E-state index contributed by atoms with van der Waals surface area (Å²) in [5.41, 5.74) is 9.35. The number of hydrogen-bond donors (Lipinski definition) is 1. The van der Waals surface area contributed by atoms with E-state index in [2.05, 4.69) is 46.3 Å².